The standard InChI is InChI=1S/C23H18O4/c1-26-18-10-7-16(8-11-18)23-20(13-15-5-3-2-4-6-15)22(25)19-12-9-17(24)14-21(19)27-23/h2-14,23-24H,1H3. The highest BCUT2D eigenvalue weighted by molar-refractivity contribution is 6.14. The minimum Gasteiger partial charge on any atom is -0.508 e. The van der Waals surface area contributed by atoms with Crippen molar-refractivity contribution in [1.82, 2.24) is 0 Å². The number of methoxy groups -OCH3 is 1. The monoisotopic (exact) mass is 358 g/mol. The predicted molar refractivity (Wildman–Crippen MR) is 103 cm³/mol. The maximum Gasteiger partial charge on any atom is 0.196 e. The summed E-state index contributed by atoms with van der Waals surface area (Å²) in [5, 5.41) is 9.78. The molecule has 0 fully saturated rings. The number of phenols is 1. The quantitative estimate of drug-likeness (QED) is 0.683. The number of fused-ring (bicyclic) bond motifs is 1. The van der Waals surface area contributed by atoms with E-state index in [2.05, 4.69) is 0 Å². The van der Waals surface area contributed by atoms with Crippen LogP contribution < -0.4 is 9.47 Å². The molecule has 1 aliphatic heterocycles. The van der Waals surface area contributed by atoms with E-state index in [1.807, 2.05) is 60.7 Å². The molecule has 1 aliphatic rings. The van der Waals surface area contributed by atoms with E-state index in [1.54, 1.807) is 13.2 Å². The van der Waals surface area contributed by atoms with Crippen LogP contribution in [0.4, 0.5) is 0 Å². The zero-order valence-corrected chi connectivity index (χ0v) is 14.8. The molecular formula is C23H18O4. The van der Waals surface area contributed by atoms with Gasteiger partial charge in [0.05, 0.1) is 12.7 Å². The molecule has 0 saturated heterocycles. The Balaban J connectivity index is 1.84. The number of phenolic OH excluding ortho intramolecular Hbond substituents is 1. The highest BCUT2D eigenvalue weighted by Gasteiger charge is 2.33. The number of carbonyl (C=O) groups excluding carboxylic acids is 1. The van der Waals surface area contributed by atoms with Crippen molar-refractivity contribution in [3.05, 3.63) is 95.1 Å². The SMILES string of the molecule is COc1ccc(C2Oc3cc(O)ccc3C(=O)C2=Cc2ccccc2)cc1. The first-order chi connectivity index (χ1) is 13.2. The molecule has 4 rings (SSSR count). The largest absolute Gasteiger partial charge is 0.508 e. The summed E-state index contributed by atoms with van der Waals surface area (Å²) in [4.78, 5) is 13.2. The summed E-state index contributed by atoms with van der Waals surface area (Å²) in [6, 6.07) is 21.7. The van der Waals surface area contributed by atoms with E-state index in [-0.39, 0.29) is 11.5 Å². The fraction of sp³-hybridized carbons (Fsp3) is 0.0870. The Morgan fingerprint density at radius 3 is 2.44 bits per heavy atom. The number of carbonyl (C=O) groups is 1. The first-order valence-electron chi connectivity index (χ1n) is 8.60. The van der Waals surface area contributed by atoms with Crippen LogP contribution in [-0.2, 0) is 0 Å². The molecule has 0 radical (unpaired) electrons. The highest BCUT2D eigenvalue weighted by Crippen LogP contribution is 2.40. The van der Waals surface area contributed by atoms with Crippen LogP contribution in [-0.4, -0.2) is 18.0 Å². The Labute approximate surface area is 157 Å². The van der Waals surface area contributed by atoms with Crippen molar-refractivity contribution in [3.8, 4) is 17.2 Å². The lowest BCUT2D eigenvalue weighted by atomic mass is 9.89. The number of Topliss-reactive ketones (excluding diaryl/α,β-unsaturated/α-hetero) is 1. The molecule has 0 aromatic heterocycles. The van der Waals surface area contributed by atoms with E-state index in [0.717, 1.165) is 16.9 Å². The number of aromatic hydroxyl groups is 1. The molecule has 0 bridgehead atoms. The number of benzene rings is 3. The van der Waals surface area contributed by atoms with Crippen LogP contribution in [0.15, 0.2) is 78.4 Å². The van der Waals surface area contributed by atoms with Crippen LogP contribution in [0.5, 0.6) is 17.2 Å². The van der Waals surface area contributed by atoms with Gasteiger partial charge in [-0.1, -0.05) is 42.5 Å². The third-order valence-corrected chi connectivity index (χ3v) is 4.54. The lowest BCUT2D eigenvalue weighted by Gasteiger charge is -2.28. The maximum atomic E-state index is 13.2. The third-order valence-electron chi connectivity index (χ3n) is 4.54. The van der Waals surface area contributed by atoms with E-state index in [1.165, 1.54) is 12.1 Å². The van der Waals surface area contributed by atoms with E-state index in [4.69, 9.17) is 9.47 Å². The zero-order valence-electron chi connectivity index (χ0n) is 14.8. The summed E-state index contributed by atoms with van der Waals surface area (Å²) < 4.78 is 11.4. The van der Waals surface area contributed by atoms with Gasteiger partial charge < -0.3 is 14.6 Å². The average molecular weight is 358 g/mol. The molecule has 4 heteroatoms. The van der Waals surface area contributed by atoms with E-state index < -0.39 is 6.10 Å². The van der Waals surface area contributed by atoms with Crippen molar-refractivity contribution in [2.45, 2.75) is 6.10 Å². The molecule has 1 N–H and O–H groups in total. The fourth-order valence-electron chi connectivity index (χ4n) is 3.16. The van der Waals surface area contributed by atoms with Gasteiger partial charge in [0.1, 0.15) is 17.2 Å². The van der Waals surface area contributed by atoms with E-state index >= 15 is 0 Å². The summed E-state index contributed by atoms with van der Waals surface area (Å²) in [6.07, 6.45) is 1.28. The van der Waals surface area contributed by atoms with Crippen molar-refractivity contribution in [2.75, 3.05) is 7.11 Å². The molecule has 3 aromatic rings. The Hall–Kier alpha value is -3.53. The molecule has 27 heavy (non-hydrogen) atoms. The Morgan fingerprint density at radius 1 is 1.00 bits per heavy atom. The van der Waals surface area contributed by atoms with Crippen molar-refractivity contribution in [1.29, 1.82) is 0 Å². The van der Waals surface area contributed by atoms with Gasteiger partial charge in [0.2, 0.25) is 0 Å². The third kappa shape index (κ3) is 3.29. The minimum atomic E-state index is -0.571. The Bertz CT molecular complexity index is 1000. The summed E-state index contributed by atoms with van der Waals surface area (Å²) >= 11 is 0. The number of hydrogen-bond acceptors (Lipinski definition) is 4. The van der Waals surface area contributed by atoms with Crippen LogP contribution in [0.1, 0.15) is 27.6 Å². The van der Waals surface area contributed by atoms with Crippen LogP contribution >= 0.6 is 0 Å². The van der Waals surface area contributed by atoms with Gasteiger partial charge >= 0.3 is 0 Å². The van der Waals surface area contributed by atoms with Gasteiger partial charge in [-0.15, -0.1) is 0 Å². The Morgan fingerprint density at radius 2 is 1.74 bits per heavy atom. The van der Waals surface area contributed by atoms with Crippen LogP contribution in [0.25, 0.3) is 6.08 Å². The number of rotatable bonds is 3. The molecule has 0 spiro atoms. The molecule has 3 aromatic carbocycles. The average Bonchev–Trinajstić information content (AvgIpc) is 2.70. The van der Waals surface area contributed by atoms with Crippen molar-refractivity contribution < 1.29 is 19.4 Å². The number of hydrogen-bond donors (Lipinski definition) is 1. The van der Waals surface area contributed by atoms with Gasteiger partial charge in [0.25, 0.3) is 0 Å². The van der Waals surface area contributed by atoms with Gasteiger partial charge in [-0.2, -0.15) is 0 Å². The molecular weight excluding hydrogens is 340 g/mol. The normalized spacial score (nSPS) is 17.3. The van der Waals surface area contributed by atoms with Crippen molar-refractivity contribution in [3.63, 3.8) is 0 Å². The molecule has 0 saturated carbocycles. The molecule has 0 amide bonds. The van der Waals surface area contributed by atoms with Crippen LogP contribution in [0, 0.1) is 0 Å². The van der Waals surface area contributed by atoms with Gasteiger partial charge in [-0.25, -0.2) is 0 Å². The van der Waals surface area contributed by atoms with Crippen molar-refractivity contribution in [2.24, 2.45) is 0 Å². The number of ketones is 1. The molecule has 4 nitrogen and oxygen atoms in total. The van der Waals surface area contributed by atoms with Gasteiger partial charge in [-0.3, -0.25) is 4.79 Å². The predicted octanol–water partition coefficient (Wildman–Crippen LogP) is 4.80. The lowest BCUT2D eigenvalue weighted by molar-refractivity contribution is 0.0963. The Kier molecular flexibility index (Phi) is 4.38. The molecule has 1 unspecified atom stereocenters. The van der Waals surface area contributed by atoms with Crippen molar-refractivity contribution >= 4 is 11.9 Å². The minimum absolute atomic E-state index is 0.0607. The molecule has 0 aliphatic carbocycles. The first kappa shape index (κ1) is 16.9. The lowest BCUT2D eigenvalue weighted by Crippen LogP contribution is -2.23. The second-order valence-corrected chi connectivity index (χ2v) is 6.29. The summed E-state index contributed by atoms with van der Waals surface area (Å²) in [5.74, 6) is 1.06. The zero-order chi connectivity index (χ0) is 18.8. The smallest absolute Gasteiger partial charge is 0.196 e. The summed E-state index contributed by atoms with van der Waals surface area (Å²) in [7, 11) is 1.61. The van der Waals surface area contributed by atoms with Gasteiger partial charge in [0, 0.05) is 11.6 Å². The molecule has 134 valence electrons. The molecule has 1 atom stereocenters. The summed E-state index contributed by atoms with van der Waals surface area (Å²) in [5.41, 5.74) is 2.75. The second-order valence-electron chi connectivity index (χ2n) is 6.29. The van der Waals surface area contributed by atoms with E-state index in [9.17, 15) is 9.90 Å². The first-order valence-corrected chi connectivity index (χ1v) is 8.60. The van der Waals surface area contributed by atoms with E-state index in [0.29, 0.717) is 16.9 Å². The highest BCUT2D eigenvalue weighted by atomic mass is 16.5. The summed E-state index contributed by atoms with van der Waals surface area (Å²) in [6.45, 7) is 0. The van der Waals surface area contributed by atoms with Crippen LogP contribution in [0.3, 0.4) is 0 Å². The maximum absolute atomic E-state index is 13.2. The molecule has 1 heterocycles. The van der Waals surface area contributed by atoms with Crippen LogP contribution in [0.2, 0.25) is 0 Å². The number of ether oxygens (including phenoxy) is 2. The second kappa shape index (κ2) is 7.00. The van der Waals surface area contributed by atoms with Gasteiger partial charge in [-0.05, 0) is 41.5 Å². The topological polar surface area (TPSA) is 55.8 Å². The van der Waals surface area contributed by atoms with Gasteiger partial charge in [0.15, 0.2) is 11.9 Å². The fourth-order valence-corrected chi connectivity index (χ4v) is 3.16.